The molecule has 17 heavy (non-hydrogen) atoms. The third-order valence-electron chi connectivity index (χ3n) is 3.44. The summed E-state index contributed by atoms with van der Waals surface area (Å²) < 4.78 is 1.01. The first-order valence-corrected chi connectivity index (χ1v) is 7.18. The predicted octanol–water partition coefficient (Wildman–Crippen LogP) is 3.44. The molecule has 2 N–H and O–H groups in total. The number of likely N-dealkylation sites (tertiary alicyclic amines) is 1. The van der Waals surface area contributed by atoms with Crippen LogP contribution in [0.5, 0.6) is 0 Å². The molecular weight excluding hydrogens is 300 g/mol. The molecule has 0 amide bonds. The highest BCUT2D eigenvalue weighted by molar-refractivity contribution is 9.10. The summed E-state index contributed by atoms with van der Waals surface area (Å²) in [6.45, 7) is 5.15. The molecule has 1 saturated heterocycles. The summed E-state index contributed by atoms with van der Waals surface area (Å²) >= 11 is 9.74. The van der Waals surface area contributed by atoms with Crippen molar-refractivity contribution in [1.82, 2.24) is 4.90 Å². The molecule has 4 heteroatoms. The fourth-order valence-corrected chi connectivity index (χ4v) is 3.30. The molecule has 2 atom stereocenters. The van der Waals surface area contributed by atoms with Crippen LogP contribution in [0.2, 0.25) is 5.02 Å². The zero-order valence-electron chi connectivity index (χ0n) is 10.00. The summed E-state index contributed by atoms with van der Waals surface area (Å²) in [4.78, 5) is 2.44. The minimum atomic E-state index is 0.251. The molecule has 1 aliphatic heterocycles. The molecule has 2 rings (SSSR count). The molecule has 1 aromatic rings. The first-order valence-electron chi connectivity index (χ1n) is 6.01. The Kier molecular flexibility index (Phi) is 4.47. The molecule has 94 valence electrons. The summed E-state index contributed by atoms with van der Waals surface area (Å²) in [7, 11) is 0. The zero-order chi connectivity index (χ0) is 12.4. The lowest BCUT2D eigenvalue weighted by molar-refractivity contribution is 0.244. The minimum Gasteiger partial charge on any atom is -0.329 e. The fraction of sp³-hybridized carbons (Fsp3) is 0.538. The lowest BCUT2D eigenvalue weighted by Crippen LogP contribution is -2.32. The second-order valence-electron chi connectivity index (χ2n) is 4.81. The lowest BCUT2D eigenvalue weighted by atomic mass is 10.1. The van der Waals surface area contributed by atoms with Gasteiger partial charge in [0.1, 0.15) is 0 Å². The van der Waals surface area contributed by atoms with Crippen LogP contribution in [0, 0.1) is 5.92 Å². The second-order valence-corrected chi connectivity index (χ2v) is 6.13. The molecule has 0 aliphatic carbocycles. The van der Waals surface area contributed by atoms with Crippen LogP contribution in [0.15, 0.2) is 22.7 Å². The molecule has 2 unspecified atom stereocenters. The molecule has 2 nitrogen and oxygen atoms in total. The molecule has 1 heterocycles. The maximum atomic E-state index is 6.31. The van der Waals surface area contributed by atoms with Gasteiger partial charge in [-0.05, 0) is 36.6 Å². The van der Waals surface area contributed by atoms with Crippen molar-refractivity contribution < 1.29 is 0 Å². The van der Waals surface area contributed by atoms with E-state index in [1.54, 1.807) is 0 Å². The molecule has 1 fully saturated rings. The van der Waals surface area contributed by atoms with Crippen molar-refractivity contribution in [3.63, 3.8) is 0 Å². The van der Waals surface area contributed by atoms with Crippen LogP contribution in [0.3, 0.4) is 0 Å². The highest BCUT2D eigenvalue weighted by Gasteiger charge is 2.27. The van der Waals surface area contributed by atoms with E-state index in [1.807, 2.05) is 12.1 Å². The Morgan fingerprint density at radius 1 is 1.59 bits per heavy atom. The molecule has 0 saturated carbocycles. The number of hydrogen-bond donors (Lipinski definition) is 1. The molecule has 0 aromatic heterocycles. The van der Waals surface area contributed by atoms with Crippen molar-refractivity contribution in [2.24, 2.45) is 11.7 Å². The monoisotopic (exact) mass is 316 g/mol. The quantitative estimate of drug-likeness (QED) is 0.925. The van der Waals surface area contributed by atoms with E-state index in [1.165, 1.54) is 6.42 Å². The van der Waals surface area contributed by atoms with Gasteiger partial charge in [0, 0.05) is 28.6 Å². The van der Waals surface area contributed by atoms with E-state index >= 15 is 0 Å². The van der Waals surface area contributed by atoms with Crippen LogP contribution in [0.25, 0.3) is 0 Å². The molecule has 1 aromatic carbocycles. The molecule has 1 aliphatic rings. The van der Waals surface area contributed by atoms with E-state index in [4.69, 9.17) is 17.3 Å². The predicted molar refractivity (Wildman–Crippen MR) is 76.3 cm³/mol. The number of halogens is 2. The van der Waals surface area contributed by atoms with Gasteiger partial charge < -0.3 is 5.73 Å². The van der Waals surface area contributed by atoms with E-state index in [2.05, 4.69) is 33.8 Å². The normalized spacial score (nSPS) is 22.9. The van der Waals surface area contributed by atoms with E-state index in [9.17, 15) is 0 Å². The molecule has 0 bridgehead atoms. The number of rotatable bonds is 3. The van der Waals surface area contributed by atoms with Crippen LogP contribution in [-0.4, -0.2) is 24.5 Å². The van der Waals surface area contributed by atoms with Crippen LogP contribution in [0.1, 0.15) is 24.9 Å². The maximum absolute atomic E-state index is 6.31. The van der Waals surface area contributed by atoms with Gasteiger partial charge in [-0.15, -0.1) is 0 Å². The Morgan fingerprint density at radius 2 is 2.35 bits per heavy atom. The van der Waals surface area contributed by atoms with E-state index < -0.39 is 0 Å². The largest absolute Gasteiger partial charge is 0.329 e. The first-order chi connectivity index (χ1) is 8.11. The average molecular weight is 318 g/mol. The van der Waals surface area contributed by atoms with E-state index in [0.29, 0.717) is 6.54 Å². The van der Waals surface area contributed by atoms with Crippen molar-refractivity contribution in [2.75, 3.05) is 19.6 Å². The Morgan fingerprint density at radius 3 is 2.88 bits per heavy atom. The summed E-state index contributed by atoms with van der Waals surface area (Å²) in [5, 5.41) is 0.800. The zero-order valence-corrected chi connectivity index (χ0v) is 12.3. The second kappa shape index (κ2) is 5.70. The highest BCUT2D eigenvalue weighted by Crippen LogP contribution is 2.32. The van der Waals surface area contributed by atoms with Crippen molar-refractivity contribution in [3.05, 3.63) is 33.3 Å². The Balaban J connectivity index is 2.23. The van der Waals surface area contributed by atoms with Gasteiger partial charge in [0.25, 0.3) is 0 Å². The van der Waals surface area contributed by atoms with Crippen molar-refractivity contribution in [2.45, 2.75) is 19.4 Å². The number of hydrogen-bond acceptors (Lipinski definition) is 2. The number of benzene rings is 1. The lowest BCUT2D eigenvalue weighted by Gasteiger charge is -2.27. The maximum Gasteiger partial charge on any atom is 0.0485 e. The average Bonchev–Trinajstić information content (AvgIpc) is 2.69. The molecule has 0 spiro atoms. The van der Waals surface area contributed by atoms with Crippen LogP contribution in [-0.2, 0) is 0 Å². The third kappa shape index (κ3) is 3.02. The van der Waals surface area contributed by atoms with Gasteiger partial charge in [-0.2, -0.15) is 0 Å². The summed E-state index contributed by atoms with van der Waals surface area (Å²) in [5.74, 6) is 0.762. The van der Waals surface area contributed by atoms with Gasteiger partial charge in [0.15, 0.2) is 0 Å². The Bertz CT molecular complexity index is 397. The van der Waals surface area contributed by atoms with E-state index in [0.717, 1.165) is 34.1 Å². The van der Waals surface area contributed by atoms with Crippen molar-refractivity contribution >= 4 is 27.5 Å². The molecule has 0 radical (unpaired) electrons. The Labute approximate surface area is 116 Å². The van der Waals surface area contributed by atoms with Crippen LogP contribution >= 0.6 is 27.5 Å². The van der Waals surface area contributed by atoms with Gasteiger partial charge in [-0.25, -0.2) is 0 Å². The van der Waals surface area contributed by atoms with Crippen LogP contribution < -0.4 is 5.73 Å². The first kappa shape index (κ1) is 13.3. The topological polar surface area (TPSA) is 29.3 Å². The SMILES string of the molecule is CC1CCN(C(CN)c2ccc(Br)cc2Cl)C1. The summed E-state index contributed by atoms with van der Waals surface area (Å²) in [6.07, 6.45) is 1.25. The summed E-state index contributed by atoms with van der Waals surface area (Å²) in [5.41, 5.74) is 7.07. The highest BCUT2D eigenvalue weighted by atomic mass is 79.9. The Hall–Kier alpha value is -0.0900. The number of nitrogens with zero attached hydrogens (tertiary/aromatic N) is 1. The fourth-order valence-electron chi connectivity index (χ4n) is 2.50. The minimum absolute atomic E-state index is 0.251. The van der Waals surface area contributed by atoms with Crippen LogP contribution in [0.4, 0.5) is 0 Å². The van der Waals surface area contributed by atoms with Gasteiger partial charge in [0.2, 0.25) is 0 Å². The number of nitrogens with two attached hydrogens (primary N) is 1. The molecular formula is C13H18BrClN2. The van der Waals surface area contributed by atoms with Crippen molar-refractivity contribution in [3.8, 4) is 0 Å². The van der Waals surface area contributed by atoms with Gasteiger partial charge >= 0.3 is 0 Å². The van der Waals surface area contributed by atoms with Gasteiger partial charge in [0.05, 0.1) is 0 Å². The smallest absolute Gasteiger partial charge is 0.0485 e. The standard InChI is InChI=1S/C13H18BrClN2/c1-9-4-5-17(8-9)13(7-16)11-3-2-10(14)6-12(11)15/h2-3,6,9,13H,4-5,7-8,16H2,1H3. The van der Waals surface area contributed by atoms with Gasteiger partial charge in [-0.3, -0.25) is 4.90 Å². The third-order valence-corrected chi connectivity index (χ3v) is 4.26. The van der Waals surface area contributed by atoms with Gasteiger partial charge in [-0.1, -0.05) is 40.5 Å². The van der Waals surface area contributed by atoms with Crippen molar-refractivity contribution in [1.29, 1.82) is 0 Å². The van der Waals surface area contributed by atoms with E-state index in [-0.39, 0.29) is 6.04 Å². The summed E-state index contributed by atoms with van der Waals surface area (Å²) in [6, 6.07) is 6.30.